The van der Waals surface area contributed by atoms with Crippen LogP contribution in [0.15, 0.2) is 39.5 Å². The zero-order chi connectivity index (χ0) is 20.1. The maximum Gasteiger partial charge on any atom is 0.354 e. The van der Waals surface area contributed by atoms with Crippen molar-refractivity contribution in [1.82, 2.24) is 0 Å². The molecule has 0 radical (unpaired) electrons. The van der Waals surface area contributed by atoms with E-state index >= 15 is 0 Å². The molecular weight excluding hydrogens is 352 g/mol. The Labute approximate surface area is 155 Å². The molecule has 0 bridgehead atoms. The second-order valence-corrected chi connectivity index (χ2v) is 5.76. The van der Waals surface area contributed by atoms with Crippen molar-refractivity contribution in [3.05, 3.63) is 51.9 Å². The third-order valence-corrected chi connectivity index (χ3v) is 3.95. The van der Waals surface area contributed by atoms with Gasteiger partial charge in [-0.05, 0) is 30.3 Å². The van der Waals surface area contributed by atoms with E-state index in [0.717, 1.165) is 19.9 Å². The number of rotatable bonds is 5. The number of hydrogen-bond donors (Lipinski definition) is 0. The Morgan fingerprint density at radius 2 is 1.67 bits per heavy atom. The molecule has 1 aromatic heterocycles. The Bertz CT molecular complexity index is 938. The van der Waals surface area contributed by atoms with Crippen molar-refractivity contribution in [3.63, 3.8) is 0 Å². The highest BCUT2D eigenvalue weighted by molar-refractivity contribution is 6.01. The van der Waals surface area contributed by atoms with Gasteiger partial charge in [-0.1, -0.05) is 0 Å². The minimum atomic E-state index is -1.57. The second-order valence-electron chi connectivity index (χ2n) is 5.76. The van der Waals surface area contributed by atoms with Gasteiger partial charge >= 0.3 is 17.6 Å². The van der Waals surface area contributed by atoms with Gasteiger partial charge in [-0.2, -0.15) is 5.26 Å². The lowest BCUT2D eigenvalue weighted by Gasteiger charge is -2.15. The van der Waals surface area contributed by atoms with Crippen molar-refractivity contribution in [1.29, 1.82) is 5.26 Å². The summed E-state index contributed by atoms with van der Waals surface area (Å²) in [7, 11) is 5.95. The third-order valence-electron chi connectivity index (χ3n) is 3.95. The minimum Gasteiger partial charge on any atom is -0.468 e. The Morgan fingerprint density at radius 3 is 2.11 bits per heavy atom. The zero-order valence-corrected chi connectivity index (χ0v) is 15.3. The largest absolute Gasteiger partial charge is 0.468 e. The van der Waals surface area contributed by atoms with Crippen LogP contribution in [-0.2, 0) is 19.1 Å². The molecule has 140 valence electrons. The van der Waals surface area contributed by atoms with Gasteiger partial charge in [0.2, 0.25) is 0 Å². The van der Waals surface area contributed by atoms with Crippen LogP contribution in [0.2, 0.25) is 0 Å². The fourth-order valence-electron chi connectivity index (χ4n) is 2.50. The van der Waals surface area contributed by atoms with Gasteiger partial charge < -0.3 is 18.8 Å². The lowest BCUT2D eigenvalue weighted by Crippen LogP contribution is -2.27. The van der Waals surface area contributed by atoms with Crippen molar-refractivity contribution >= 4 is 17.6 Å². The third kappa shape index (κ3) is 3.98. The SMILES string of the molecule is COC(=O)C(C(=O)OC)c1cc(-c2ccc(N(C)C)cc2)oc(=O)c1C#N. The van der Waals surface area contributed by atoms with Gasteiger partial charge in [0.25, 0.3) is 0 Å². The van der Waals surface area contributed by atoms with E-state index in [9.17, 15) is 19.6 Å². The van der Waals surface area contributed by atoms with Gasteiger partial charge in [-0.25, -0.2) is 4.79 Å². The molecule has 27 heavy (non-hydrogen) atoms. The van der Waals surface area contributed by atoms with Crippen LogP contribution < -0.4 is 10.5 Å². The molecule has 0 aliphatic heterocycles. The molecule has 8 nitrogen and oxygen atoms in total. The quantitative estimate of drug-likeness (QED) is 0.577. The molecule has 0 fully saturated rings. The molecule has 0 aliphatic rings. The molecule has 0 atom stereocenters. The van der Waals surface area contributed by atoms with E-state index in [2.05, 4.69) is 9.47 Å². The molecule has 0 spiro atoms. The van der Waals surface area contributed by atoms with Crippen LogP contribution in [0.4, 0.5) is 5.69 Å². The number of methoxy groups -OCH3 is 2. The molecule has 0 saturated carbocycles. The summed E-state index contributed by atoms with van der Waals surface area (Å²) in [6, 6.07) is 10.0. The summed E-state index contributed by atoms with van der Waals surface area (Å²) in [6.45, 7) is 0. The minimum absolute atomic E-state index is 0.108. The van der Waals surface area contributed by atoms with Gasteiger partial charge in [0.1, 0.15) is 17.4 Å². The first-order valence-corrected chi connectivity index (χ1v) is 7.85. The Balaban J connectivity index is 2.67. The number of nitriles is 1. The molecule has 2 rings (SSSR count). The number of nitrogens with zero attached hydrogens (tertiary/aromatic N) is 2. The number of anilines is 1. The summed E-state index contributed by atoms with van der Waals surface area (Å²) in [6.07, 6.45) is 0. The topological polar surface area (TPSA) is 110 Å². The van der Waals surface area contributed by atoms with Gasteiger partial charge in [0, 0.05) is 30.9 Å². The summed E-state index contributed by atoms with van der Waals surface area (Å²) < 4.78 is 14.5. The molecule has 2 aromatic rings. The molecule has 0 N–H and O–H groups in total. The van der Waals surface area contributed by atoms with E-state index in [1.54, 1.807) is 18.2 Å². The number of carbonyl (C=O) groups excluding carboxylic acids is 2. The van der Waals surface area contributed by atoms with Crippen LogP contribution in [0.5, 0.6) is 0 Å². The Morgan fingerprint density at radius 1 is 1.11 bits per heavy atom. The number of benzene rings is 1. The number of ether oxygens (including phenoxy) is 2. The molecule has 8 heteroatoms. The van der Waals surface area contributed by atoms with Gasteiger partial charge in [-0.15, -0.1) is 0 Å². The second kappa shape index (κ2) is 8.19. The van der Waals surface area contributed by atoms with Crippen LogP contribution in [0.25, 0.3) is 11.3 Å². The maximum absolute atomic E-state index is 12.3. The number of esters is 2. The average Bonchev–Trinajstić information content (AvgIpc) is 2.67. The highest BCUT2D eigenvalue weighted by Crippen LogP contribution is 2.28. The highest BCUT2D eigenvalue weighted by Gasteiger charge is 2.34. The molecule has 0 saturated heterocycles. The van der Waals surface area contributed by atoms with Crippen LogP contribution in [0.1, 0.15) is 17.0 Å². The van der Waals surface area contributed by atoms with E-state index in [-0.39, 0.29) is 11.3 Å². The van der Waals surface area contributed by atoms with Crippen LogP contribution in [-0.4, -0.2) is 40.3 Å². The van der Waals surface area contributed by atoms with E-state index < -0.39 is 29.0 Å². The van der Waals surface area contributed by atoms with Crippen LogP contribution in [0.3, 0.4) is 0 Å². The van der Waals surface area contributed by atoms with E-state index in [1.807, 2.05) is 31.1 Å². The molecular formula is C19H18N2O6. The molecule has 1 aromatic carbocycles. The van der Waals surface area contributed by atoms with Crippen molar-refractivity contribution in [2.75, 3.05) is 33.2 Å². The van der Waals surface area contributed by atoms with Gasteiger partial charge in [0.05, 0.1) is 14.2 Å². The van der Waals surface area contributed by atoms with Crippen molar-refractivity contribution in [3.8, 4) is 17.4 Å². The first kappa shape index (κ1) is 19.7. The lowest BCUT2D eigenvalue weighted by atomic mass is 9.94. The van der Waals surface area contributed by atoms with Crippen molar-refractivity contribution < 1.29 is 23.5 Å². The van der Waals surface area contributed by atoms with E-state index in [0.29, 0.717) is 5.56 Å². The zero-order valence-electron chi connectivity index (χ0n) is 15.3. The summed E-state index contributed by atoms with van der Waals surface area (Å²) in [5, 5.41) is 9.30. The van der Waals surface area contributed by atoms with E-state index in [1.165, 1.54) is 6.07 Å². The number of carbonyl (C=O) groups is 2. The van der Waals surface area contributed by atoms with Crippen LogP contribution in [0, 0.1) is 11.3 Å². The molecule has 0 unspecified atom stereocenters. The fraction of sp³-hybridized carbons (Fsp3) is 0.263. The monoisotopic (exact) mass is 370 g/mol. The molecule has 0 amide bonds. The standard InChI is InChI=1S/C19H18N2O6/c1-21(2)12-7-5-11(6-8-12)15-9-13(14(10-20)17(22)27-15)16(18(23)25-3)19(24)26-4/h5-9,16H,1-4H3. The fourth-order valence-corrected chi connectivity index (χ4v) is 2.50. The van der Waals surface area contributed by atoms with Crippen molar-refractivity contribution in [2.24, 2.45) is 0 Å². The number of hydrogen-bond acceptors (Lipinski definition) is 8. The lowest BCUT2D eigenvalue weighted by molar-refractivity contribution is -0.154. The van der Waals surface area contributed by atoms with E-state index in [4.69, 9.17) is 4.42 Å². The van der Waals surface area contributed by atoms with Crippen molar-refractivity contribution in [2.45, 2.75) is 5.92 Å². The Hall–Kier alpha value is -3.60. The predicted molar refractivity (Wildman–Crippen MR) is 96.2 cm³/mol. The Kier molecular flexibility index (Phi) is 5.98. The first-order chi connectivity index (χ1) is 12.8. The summed E-state index contributed by atoms with van der Waals surface area (Å²) in [4.78, 5) is 38.3. The van der Waals surface area contributed by atoms with Gasteiger partial charge in [0.15, 0.2) is 5.92 Å². The smallest absolute Gasteiger partial charge is 0.354 e. The summed E-state index contributed by atoms with van der Waals surface area (Å²) >= 11 is 0. The average molecular weight is 370 g/mol. The summed E-state index contributed by atoms with van der Waals surface area (Å²) in [5.74, 6) is -3.36. The van der Waals surface area contributed by atoms with Crippen LogP contribution >= 0.6 is 0 Å². The maximum atomic E-state index is 12.3. The predicted octanol–water partition coefficient (Wildman–Crippen LogP) is 1.67. The first-order valence-electron chi connectivity index (χ1n) is 7.85. The van der Waals surface area contributed by atoms with Gasteiger partial charge in [-0.3, -0.25) is 9.59 Å². The molecule has 0 aliphatic carbocycles. The molecule has 1 heterocycles. The highest BCUT2D eigenvalue weighted by atomic mass is 16.5. The summed E-state index contributed by atoms with van der Waals surface area (Å²) in [5.41, 5.74) is -0.0722. The normalized spacial score (nSPS) is 10.2.